The zero-order valence-corrected chi connectivity index (χ0v) is 15.0. The average molecular weight is 346 g/mol. The van der Waals surface area contributed by atoms with Crippen LogP contribution in [0.5, 0.6) is 0 Å². The van der Waals surface area contributed by atoms with Gasteiger partial charge in [0.05, 0.1) is 10.0 Å². The smallest absolute Gasteiger partial charge is 0.0595 e. The van der Waals surface area contributed by atoms with Crippen LogP contribution in [0.25, 0.3) is 0 Å². The Morgan fingerprint density at radius 3 is 2.67 bits per heavy atom. The lowest BCUT2D eigenvalue weighted by atomic mass is 9.91. The molecule has 1 aromatic carbocycles. The Balaban J connectivity index is 1.95. The van der Waals surface area contributed by atoms with Gasteiger partial charge in [-0.3, -0.25) is 0 Å². The van der Waals surface area contributed by atoms with Crippen LogP contribution in [-0.2, 0) is 6.42 Å². The predicted octanol–water partition coefficient (Wildman–Crippen LogP) is 5.44. The van der Waals surface area contributed by atoms with Crippen molar-refractivity contribution in [2.45, 2.75) is 45.1 Å². The Hall–Kier alpha value is 0.110. The fourth-order valence-electron chi connectivity index (χ4n) is 2.92. The van der Waals surface area contributed by atoms with Crippen LogP contribution in [0.15, 0.2) is 18.2 Å². The molecule has 118 valence electrons. The van der Waals surface area contributed by atoms with Crippen molar-refractivity contribution in [3.05, 3.63) is 33.8 Å². The third kappa shape index (κ3) is 6.02. The van der Waals surface area contributed by atoms with Crippen molar-refractivity contribution < 1.29 is 0 Å². The number of rotatable bonds is 7. The number of hydrogen-bond donors (Lipinski definition) is 1. The van der Waals surface area contributed by atoms with Crippen molar-refractivity contribution >= 4 is 35.0 Å². The lowest BCUT2D eigenvalue weighted by molar-refractivity contribution is 0.362. The van der Waals surface area contributed by atoms with Gasteiger partial charge in [0.2, 0.25) is 0 Å². The molecule has 0 radical (unpaired) electrons. The Bertz CT molecular complexity index is 433. The molecular weight excluding hydrogens is 321 g/mol. The van der Waals surface area contributed by atoms with Crippen LogP contribution in [0, 0.1) is 5.92 Å². The standard InChI is InChI=1S/C17H25Cl2NS/c1-2-7-20-15(10-13-5-8-21-9-6-13)11-14-3-4-16(18)17(19)12-14/h3-4,12-13,15,20H,2,5-11H2,1H3. The molecule has 4 heteroatoms. The second-order valence-electron chi connectivity index (χ2n) is 5.90. The Morgan fingerprint density at radius 1 is 1.24 bits per heavy atom. The maximum Gasteiger partial charge on any atom is 0.0595 e. The Morgan fingerprint density at radius 2 is 2.00 bits per heavy atom. The van der Waals surface area contributed by atoms with Crippen molar-refractivity contribution in [3.8, 4) is 0 Å². The maximum atomic E-state index is 6.14. The number of benzene rings is 1. The molecule has 0 bridgehead atoms. The van der Waals surface area contributed by atoms with Crippen LogP contribution in [0.3, 0.4) is 0 Å². The first-order chi connectivity index (χ1) is 10.2. The first-order valence-corrected chi connectivity index (χ1v) is 9.85. The minimum atomic E-state index is 0.551. The van der Waals surface area contributed by atoms with Gasteiger partial charge in [0.25, 0.3) is 0 Å². The van der Waals surface area contributed by atoms with E-state index in [2.05, 4.69) is 30.1 Å². The van der Waals surface area contributed by atoms with Crippen molar-refractivity contribution in [2.24, 2.45) is 5.92 Å². The molecule has 0 spiro atoms. The highest BCUT2D eigenvalue weighted by Gasteiger charge is 2.19. The van der Waals surface area contributed by atoms with E-state index in [1.165, 1.54) is 42.8 Å². The van der Waals surface area contributed by atoms with Crippen molar-refractivity contribution in [1.82, 2.24) is 5.32 Å². The van der Waals surface area contributed by atoms with E-state index in [-0.39, 0.29) is 0 Å². The van der Waals surface area contributed by atoms with Gasteiger partial charge in [-0.05, 0) is 73.8 Å². The van der Waals surface area contributed by atoms with E-state index in [0.29, 0.717) is 16.1 Å². The quantitative estimate of drug-likeness (QED) is 0.706. The average Bonchev–Trinajstić information content (AvgIpc) is 2.49. The fourth-order valence-corrected chi connectivity index (χ4v) is 4.45. The predicted molar refractivity (Wildman–Crippen MR) is 96.9 cm³/mol. The number of halogens is 2. The molecule has 1 unspecified atom stereocenters. The van der Waals surface area contributed by atoms with Crippen LogP contribution in [0.4, 0.5) is 0 Å². The summed E-state index contributed by atoms with van der Waals surface area (Å²) in [5.41, 5.74) is 1.28. The van der Waals surface area contributed by atoms with Crippen LogP contribution < -0.4 is 5.32 Å². The molecule has 21 heavy (non-hydrogen) atoms. The fraction of sp³-hybridized carbons (Fsp3) is 0.647. The molecule has 1 N–H and O–H groups in total. The van der Waals surface area contributed by atoms with Gasteiger partial charge in [0.1, 0.15) is 0 Å². The van der Waals surface area contributed by atoms with Crippen molar-refractivity contribution in [1.29, 1.82) is 0 Å². The molecule has 2 rings (SSSR count). The molecule has 1 nitrogen and oxygen atoms in total. The topological polar surface area (TPSA) is 12.0 Å². The molecular formula is C17H25Cl2NS. The summed E-state index contributed by atoms with van der Waals surface area (Å²) in [7, 11) is 0. The van der Waals surface area contributed by atoms with E-state index < -0.39 is 0 Å². The molecule has 1 saturated heterocycles. The first-order valence-electron chi connectivity index (χ1n) is 7.94. The van der Waals surface area contributed by atoms with Crippen molar-refractivity contribution in [2.75, 3.05) is 18.1 Å². The van der Waals surface area contributed by atoms with E-state index in [1.54, 1.807) is 0 Å². The number of thioether (sulfide) groups is 1. The molecule has 1 aliphatic rings. The first kappa shape index (κ1) is 17.5. The SMILES string of the molecule is CCCNC(Cc1ccc(Cl)c(Cl)c1)CC1CCSCC1. The highest BCUT2D eigenvalue weighted by Crippen LogP contribution is 2.28. The highest BCUT2D eigenvalue weighted by atomic mass is 35.5. The van der Waals surface area contributed by atoms with Gasteiger partial charge in [0, 0.05) is 6.04 Å². The number of hydrogen-bond acceptors (Lipinski definition) is 2. The molecule has 1 heterocycles. The molecule has 0 aliphatic carbocycles. The van der Waals surface area contributed by atoms with Gasteiger partial charge >= 0.3 is 0 Å². The van der Waals surface area contributed by atoms with Crippen LogP contribution in [0.1, 0.15) is 38.2 Å². The molecule has 0 aromatic heterocycles. The van der Waals surface area contributed by atoms with Gasteiger partial charge in [0.15, 0.2) is 0 Å². The van der Waals surface area contributed by atoms with E-state index >= 15 is 0 Å². The van der Waals surface area contributed by atoms with Crippen LogP contribution in [0.2, 0.25) is 10.0 Å². The molecule has 1 aliphatic heterocycles. The largest absolute Gasteiger partial charge is 0.314 e. The molecule has 0 saturated carbocycles. The van der Waals surface area contributed by atoms with Gasteiger partial charge in [-0.15, -0.1) is 0 Å². The zero-order chi connectivity index (χ0) is 15.1. The summed E-state index contributed by atoms with van der Waals surface area (Å²) in [6, 6.07) is 6.58. The highest BCUT2D eigenvalue weighted by molar-refractivity contribution is 7.99. The third-order valence-electron chi connectivity index (χ3n) is 4.11. The normalized spacial score (nSPS) is 17.9. The summed E-state index contributed by atoms with van der Waals surface area (Å²) in [6.45, 7) is 3.31. The van der Waals surface area contributed by atoms with E-state index in [9.17, 15) is 0 Å². The van der Waals surface area contributed by atoms with Crippen LogP contribution in [-0.4, -0.2) is 24.1 Å². The minimum Gasteiger partial charge on any atom is -0.314 e. The summed E-state index contributed by atoms with van der Waals surface area (Å²) >= 11 is 14.2. The van der Waals surface area contributed by atoms with Gasteiger partial charge in [-0.1, -0.05) is 36.2 Å². The number of nitrogens with one attached hydrogen (secondary N) is 1. The monoisotopic (exact) mass is 345 g/mol. The van der Waals surface area contributed by atoms with Crippen LogP contribution >= 0.6 is 35.0 Å². The summed E-state index contributed by atoms with van der Waals surface area (Å²) in [5.74, 6) is 3.54. The summed E-state index contributed by atoms with van der Waals surface area (Å²) in [6.07, 6.45) is 6.24. The van der Waals surface area contributed by atoms with Gasteiger partial charge in [-0.2, -0.15) is 11.8 Å². The maximum absolute atomic E-state index is 6.14. The molecule has 1 fully saturated rings. The second kappa shape index (κ2) is 9.29. The Kier molecular flexibility index (Phi) is 7.73. The summed E-state index contributed by atoms with van der Waals surface area (Å²) in [4.78, 5) is 0. The third-order valence-corrected chi connectivity index (χ3v) is 5.90. The lowest BCUT2D eigenvalue weighted by Gasteiger charge is -2.27. The summed E-state index contributed by atoms with van der Waals surface area (Å²) in [5, 5.41) is 5.02. The minimum absolute atomic E-state index is 0.551. The van der Waals surface area contributed by atoms with Gasteiger partial charge in [-0.25, -0.2) is 0 Å². The second-order valence-corrected chi connectivity index (χ2v) is 7.93. The van der Waals surface area contributed by atoms with E-state index in [4.69, 9.17) is 23.2 Å². The molecule has 1 atom stereocenters. The molecule has 1 aromatic rings. The van der Waals surface area contributed by atoms with Crippen molar-refractivity contribution in [3.63, 3.8) is 0 Å². The molecule has 0 amide bonds. The van der Waals surface area contributed by atoms with Gasteiger partial charge < -0.3 is 5.32 Å². The van der Waals surface area contributed by atoms with E-state index in [1.807, 2.05) is 12.1 Å². The van der Waals surface area contributed by atoms with E-state index in [0.717, 1.165) is 18.9 Å². The summed E-state index contributed by atoms with van der Waals surface area (Å²) < 4.78 is 0. The Labute approximate surface area is 143 Å². The lowest BCUT2D eigenvalue weighted by Crippen LogP contribution is -2.34. The zero-order valence-electron chi connectivity index (χ0n) is 12.7.